The second-order valence-electron chi connectivity index (χ2n) is 8.72. The minimum Gasteiger partial charge on any atom is -0.482 e. The predicted molar refractivity (Wildman–Crippen MR) is 151 cm³/mol. The summed E-state index contributed by atoms with van der Waals surface area (Å²) in [4.78, 5) is 19.8. The molecule has 7 nitrogen and oxygen atoms in total. The Morgan fingerprint density at radius 1 is 1.05 bits per heavy atom. The molecule has 0 radical (unpaired) electrons. The van der Waals surface area contributed by atoms with E-state index in [-0.39, 0.29) is 12.5 Å². The maximum absolute atomic E-state index is 11.9. The minimum absolute atomic E-state index is 0.0295. The highest BCUT2D eigenvalue weighted by atomic mass is 32.1. The van der Waals surface area contributed by atoms with Crippen molar-refractivity contribution in [2.75, 3.05) is 29.9 Å². The van der Waals surface area contributed by atoms with Crippen LogP contribution in [-0.2, 0) is 4.79 Å². The van der Waals surface area contributed by atoms with E-state index in [4.69, 9.17) is 14.8 Å². The van der Waals surface area contributed by atoms with Gasteiger partial charge in [-0.25, -0.2) is 9.67 Å². The van der Waals surface area contributed by atoms with Crippen LogP contribution < -0.4 is 19.8 Å². The second-order valence-corrected chi connectivity index (χ2v) is 9.56. The van der Waals surface area contributed by atoms with Crippen LogP contribution in [0.3, 0.4) is 0 Å². The Hall–Kier alpha value is -4.17. The lowest BCUT2D eigenvalue weighted by molar-refractivity contribution is -0.118. The molecule has 1 aromatic heterocycles. The summed E-state index contributed by atoms with van der Waals surface area (Å²) in [5, 5.41) is 9.76. The standard InChI is InChI=1S/C29H29N5O2S/c1-4-33(5-2)24-13-8-21(9-14-24)17-30-34-26(19-37-29(34)31-23-11-6-20(3)7-12-23)22-10-15-27-25(16-22)32-28(35)18-36-27/h6-17,19H,4-5,18H2,1-3H3,(H,32,35). The number of ether oxygens (including phenoxy) is 1. The number of nitrogens with one attached hydrogen (secondary N) is 1. The van der Waals surface area contributed by atoms with Crippen LogP contribution in [0, 0.1) is 6.92 Å². The molecule has 8 heteroatoms. The van der Waals surface area contributed by atoms with Crippen molar-refractivity contribution >= 4 is 40.5 Å². The first-order valence-electron chi connectivity index (χ1n) is 12.3. The maximum atomic E-state index is 11.9. The third kappa shape index (κ3) is 5.49. The molecule has 0 atom stereocenters. The summed E-state index contributed by atoms with van der Waals surface area (Å²) in [6.45, 7) is 8.33. The number of rotatable bonds is 7. The van der Waals surface area contributed by atoms with Gasteiger partial charge in [0.2, 0.25) is 4.80 Å². The first-order chi connectivity index (χ1) is 18.0. The van der Waals surface area contributed by atoms with Crippen LogP contribution >= 0.6 is 11.3 Å². The van der Waals surface area contributed by atoms with Crippen molar-refractivity contribution < 1.29 is 9.53 Å². The molecule has 0 fully saturated rings. The van der Waals surface area contributed by atoms with E-state index >= 15 is 0 Å². The normalized spacial score (nSPS) is 13.4. The Labute approximate surface area is 220 Å². The number of benzene rings is 3. The van der Waals surface area contributed by atoms with Crippen LogP contribution in [0.15, 0.2) is 82.2 Å². The van der Waals surface area contributed by atoms with E-state index < -0.39 is 0 Å². The number of nitrogens with zero attached hydrogens (tertiary/aromatic N) is 4. The molecule has 1 aliphatic heterocycles. The van der Waals surface area contributed by atoms with Crippen LogP contribution in [0.4, 0.5) is 17.1 Å². The van der Waals surface area contributed by atoms with Crippen LogP contribution in [0.1, 0.15) is 25.0 Å². The van der Waals surface area contributed by atoms with Crippen molar-refractivity contribution in [2.24, 2.45) is 10.1 Å². The Balaban J connectivity index is 1.55. The molecule has 2 heterocycles. The fourth-order valence-electron chi connectivity index (χ4n) is 4.14. The summed E-state index contributed by atoms with van der Waals surface area (Å²) < 4.78 is 7.37. The molecule has 0 bridgehead atoms. The second kappa shape index (κ2) is 10.8. The first kappa shape index (κ1) is 24.5. The fourth-order valence-corrected chi connectivity index (χ4v) is 5.00. The van der Waals surface area contributed by atoms with Crippen LogP contribution in [0.2, 0.25) is 0 Å². The number of carbonyl (C=O) groups excluding carboxylic acids is 1. The summed E-state index contributed by atoms with van der Waals surface area (Å²) >= 11 is 1.51. The molecule has 1 N–H and O–H groups in total. The van der Waals surface area contributed by atoms with Crippen molar-refractivity contribution in [1.29, 1.82) is 0 Å². The molecule has 188 valence electrons. The summed E-state index contributed by atoms with van der Waals surface area (Å²) in [7, 11) is 0. The van der Waals surface area contributed by atoms with E-state index in [0.29, 0.717) is 11.4 Å². The molecule has 1 aliphatic rings. The van der Waals surface area contributed by atoms with Crippen LogP contribution in [-0.4, -0.2) is 36.5 Å². The van der Waals surface area contributed by atoms with Gasteiger partial charge in [0.15, 0.2) is 6.61 Å². The lowest BCUT2D eigenvalue weighted by atomic mass is 10.1. The van der Waals surface area contributed by atoms with E-state index in [1.807, 2.05) is 58.7 Å². The molecule has 3 aromatic carbocycles. The third-order valence-corrected chi connectivity index (χ3v) is 7.01. The summed E-state index contributed by atoms with van der Waals surface area (Å²) in [6.07, 6.45) is 1.85. The zero-order valence-corrected chi connectivity index (χ0v) is 22.0. The maximum Gasteiger partial charge on any atom is 0.262 e. The average molecular weight is 512 g/mol. The van der Waals surface area contributed by atoms with Gasteiger partial charge < -0.3 is 15.0 Å². The monoisotopic (exact) mass is 511 g/mol. The molecule has 0 spiro atoms. The zero-order chi connectivity index (χ0) is 25.8. The van der Waals surface area contributed by atoms with Gasteiger partial charge in [-0.1, -0.05) is 29.8 Å². The number of hydrogen-bond acceptors (Lipinski definition) is 6. The lowest BCUT2D eigenvalue weighted by Gasteiger charge is -2.20. The van der Waals surface area contributed by atoms with Gasteiger partial charge in [-0.2, -0.15) is 5.10 Å². The van der Waals surface area contributed by atoms with Gasteiger partial charge >= 0.3 is 0 Å². The van der Waals surface area contributed by atoms with Crippen molar-refractivity contribution in [3.63, 3.8) is 0 Å². The average Bonchev–Trinajstić information content (AvgIpc) is 3.32. The molecular weight excluding hydrogens is 482 g/mol. The summed E-state index contributed by atoms with van der Waals surface area (Å²) in [6, 6.07) is 22.2. The van der Waals surface area contributed by atoms with E-state index in [9.17, 15) is 4.79 Å². The quantitative estimate of drug-likeness (QED) is 0.318. The van der Waals surface area contributed by atoms with Gasteiger partial charge in [0.1, 0.15) is 5.75 Å². The van der Waals surface area contributed by atoms with Crippen LogP contribution in [0.5, 0.6) is 5.75 Å². The minimum atomic E-state index is -0.163. The number of aromatic nitrogens is 1. The van der Waals surface area contributed by atoms with Gasteiger partial charge in [0.05, 0.1) is 23.3 Å². The Kier molecular flexibility index (Phi) is 7.18. The summed E-state index contributed by atoms with van der Waals surface area (Å²) in [5.74, 6) is 0.496. The highest BCUT2D eigenvalue weighted by Crippen LogP contribution is 2.33. The highest BCUT2D eigenvalue weighted by Gasteiger charge is 2.18. The molecule has 37 heavy (non-hydrogen) atoms. The molecule has 0 saturated heterocycles. The van der Waals surface area contributed by atoms with E-state index in [0.717, 1.165) is 40.4 Å². The Bertz CT molecular complexity index is 1500. The van der Waals surface area contributed by atoms with Gasteiger partial charge in [0, 0.05) is 29.7 Å². The molecule has 5 rings (SSSR count). The number of amides is 1. The van der Waals surface area contributed by atoms with Gasteiger partial charge in [-0.3, -0.25) is 4.79 Å². The molecule has 4 aromatic rings. The first-order valence-corrected chi connectivity index (χ1v) is 13.2. The van der Waals surface area contributed by atoms with E-state index in [1.54, 1.807) is 0 Å². The molecule has 0 unspecified atom stereocenters. The number of aryl methyl sites for hydroxylation is 1. The van der Waals surface area contributed by atoms with Crippen molar-refractivity contribution in [3.05, 3.63) is 88.0 Å². The number of carbonyl (C=O) groups is 1. The van der Waals surface area contributed by atoms with Crippen molar-refractivity contribution in [2.45, 2.75) is 20.8 Å². The number of thiazole rings is 1. The van der Waals surface area contributed by atoms with Crippen molar-refractivity contribution in [3.8, 4) is 17.0 Å². The predicted octanol–water partition coefficient (Wildman–Crippen LogP) is 5.82. The molecule has 0 aliphatic carbocycles. The van der Waals surface area contributed by atoms with Crippen LogP contribution in [0.25, 0.3) is 11.3 Å². The summed E-state index contributed by atoms with van der Waals surface area (Å²) in [5.41, 5.74) is 6.65. The van der Waals surface area contributed by atoms with Gasteiger partial charge in [0.25, 0.3) is 5.91 Å². The number of hydrogen-bond donors (Lipinski definition) is 1. The molecule has 0 saturated carbocycles. The third-order valence-electron chi connectivity index (χ3n) is 6.20. The Morgan fingerprint density at radius 3 is 2.54 bits per heavy atom. The topological polar surface area (TPSA) is 71.2 Å². The smallest absolute Gasteiger partial charge is 0.262 e. The fraction of sp³-hybridized carbons (Fsp3) is 0.207. The molecule has 1 amide bonds. The Morgan fingerprint density at radius 2 is 1.81 bits per heavy atom. The van der Waals surface area contributed by atoms with E-state index in [1.165, 1.54) is 22.6 Å². The highest BCUT2D eigenvalue weighted by molar-refractivity contribution is 7.07. The number of fused-ring (bicyclic) bond motifs is 1. The van der Waals surface area contributed by atoms with Gasteiger partial charge in [-0.05, 0) is 68.8 Å². The van der Waals surface area contributed by atoms with Gasteiger partial charge in [-0.15, -0.1) is 11.3 Å². The molecular formula is C29H29N5O2S. The number of anilines is 2. The van der Waals surface area contributed by atoms with Crippen molar-refractivity contribution in [1.82, 2.24) is 4.68 Å². The zero-order valence-electron chi connectivity index (χ0n) is 21.1. The largest absolute Gasteiger partial charge is 0.482 e. The van der Waals surface area contributed by atoms with E-state index in [2.05, 4.69) is 55.3 Å². The lowest BCUT2D eigenvalue weighted by Crippen LogP contribution is -2.25. The SMILES string of the molecule is CCN(CC)c1ccc(C=Nn2c(-c3ccc4c(c3)NC(=O)CO4)csc2=Nc2ccc(C)cc2)cc1.